The number of fused-ring (bicyclic) bond motifs is 2. The molecule has 4 nitrogen and oxygen atoms in total. The van der Waals surface area contributed by atoms with Crippen LogP contribution in [0, 0.1) is 0 Å². The van der Waals surface area contributed by atoms with Gasteiger partial charge >= 0.3 is 18.1 Å². The number of hydrogen-bond donors (Lipinski definition) is 0. The monoisotopic (exact) mass is 442 g/mol. The maximum absolute atomic E-state index is 14.0. The van der Waals surface area contributed by atoms with Gasteiger partial charge in [-0.1, -0.05) is 24.3 Å². The minimum atomic E-state index is -5.67. The predicted octanol–water partition coefficient (Wildman–Crippen LogP) is 5.45. The normalized spacial score (nSPS) is 20.1. The highest BCUT2D eigenvalue weighted by molar-refractivity contribution is 5.71. The van der Waals surface area contributed by atoms with Crippen molar-refractivity contribution in [3.8, 4) is 11.5 Å². The van der Waals surface area contributed by atoms with Crippen LogP contribution in [0.2, 0.25) is 0 Å². The Hall–Kier alpha value is -2.84. The standard InChI is InChI=1S/C22H19F5O4/c1-29-20(28)9-12-11-30-19-10-13(5-6-14(12)19)31-18-8-7-15-16(18)3-2-4-17(15)21(23,24)22(25,26)27/h2-6,10,12,18H,7-9,11H2,1H3/t12-,18-/m1/s1. The molecule has 1 aliphatic carbocycles. The third-order valence-corrected chi connectivity index (χ3v) is 5.69. The minimum Gasteiger partial charge on any atom is -0.492 e. The Morgan fingerprint density at radius 1 is 1.13 bits per heavy atom. The molecule has 2 aromatic rings. The van der Waals surface area contributed by atoms with Crippen molar-refractivity contribution in [3.63, 3.8) is 0 Å². The van der Waals surface area contributed by atoms with Gasteiger partial charge in [-0.05, 0) is 30.0 Å². The summed E-state index contributed by atoms with van der Waals surface area (Å²) in [5, 5.41) is 0. The highest BCUT2D eigenvalue weighted by atomic mass is 19.4. The molecule has 2 aliphatic rings. The number of carbonyl (C=O) groups excluding carboxylic acids is 1. The number of ether oxygens (including phenoxy) is 3. The van der Waals surface area contributed by atoms with Gasteiger partial charge in [0.05, 0.1) is 20.1 Å². The molecule has 9 heteroatoms. The summed E-state index contributed by atoms with van der Waals surface area (Å²) in [5.74, 6) is -4.47. The molecule has 31 heavy (non-hydrogen) atoms. The Bertz CT molecular complexity index is 1000. The average Bonchev–Trinajstić information content (AvgIpc) is 3.31. The molecular formula is C22H19F5O4. The van der Waals surface area contributed by atoms with Crippen LogP contribution in [0.4, 0.5) is 22.0 Å². The van der Waals surface area contributed by atoms with Gasteiger partial charge in [0.1, 0.15) is 17.6 Å². The van der Waals surface area contributed by atoms with E-state index in [1.807, 2.05) is 0 Å². The molecule has 0 unspecified atom stereocenters. The molecule has 0 saturated carbocycles. The van der Waals surface area contributed by atoms with Gasteiger partial charge in [0.25, 0.3) is 0 Å². The average molecular weight is 442 g/mol. The van der Waals surface area contributed by atoms with Gasteiger partial charge < -0.3 is 14.2 Å². The van der Waals surface area contributed by atoms with Crippen molar-refractivity contribution in [1.82, 2.24) is 0 Å². The number of benzene rings is 2. The highest BCUT2D eigenvalue weighted by Gasteiger charge is 2.60. The Morgan fingerprint density at radius 2 is 1.90 bits per heavy atom. The molecule has 0 saturated heterocycles. The second-order valence-electron chi connectivity index (χ2n) is 7.58. The van der Waals surface area contributed by atoms with Crippen molar-refractivity contribution >= 4 is 5.97 Å². The topological polar surface area (TPSA) is 44.8 Å². The third-order valence-electron chi connectivity index (χ3n) is 5.69. The van der Waals surface area contributed by atoms with E-state index < -0.39 is 23.8 Å². The van der Waals surface area contributed by atoms with Gasteiger partial charge in [-0.25, -0.2) is 0 Å². The van der Waals surface area contributed by atoms with Crippen LogP contribution >= 0.6 is 0 Å². The maximum Gasteiger partial charge on any atom is 0.458 e. The summed E-state index contributed by atoms with van der Waals surface area (Å²) in [7, 11) is 1.31. The van der Waals surface area contributed by atoms with Crippen molar-refractivity contribution in [2.45, 2.75) is 43.4 Å². The van der Waals surface area contributed by atoms with Crippen molar-refractivity contribution in [3.05, 3.63) is 58.7 Å². The fourth-order valence-corrected chi connectivity index (χ4v) is 4.13. The Labute approximate surface area is 174 Å². The second kappa shape index (κ2) is 7.69. The van der Waals surface area contributed by atoms with Crippen LogP contribution in [-0.2, 0) is 21.9 Å². The zero-order valence-electron chi connectivity index (χ0n) is 16.5. The van der Waals surface area contributed by atoms with E-state index in [4.69, 9.17) is 9.47 Å². The van der Waals surface area contributed by atoms with Gasteiger partial charge in [0, 0.05) is 23.1 Å². The number of hydrogen-bond acceptors (Lipinski definition) is 4. The lowest BCUT2D eigenvalue weighted by Crippen LogP contribution is -2.34. The van der Waals surface area contributed by atoms with E-state index in [9.17, 15) is 26.7 Å². The second-order valence-corrected chi connectivity index (χ2v) is 7.58. The van der Waals surface area contributed by atoms with Gasteiger partial charge in [0.2, 0.25) is 0 Å². The molecule has 0 spiro atoms. The third kappa shape index (κ3) is 3.81. The molecule has 0 bridgehead atoms. The number of halogens is 5. The lowest BCUT2D eigenvalue weighted by atomic mass is 9.97. The van der Waals surface area contributed by atoms with Gasteiger partial charge in [-0.15, -0.1) is 0 Å². The first-order valence-corrected chi connectivity index (χ1v) is 9.69. The minimum absolute atomic E-state index is 0.0228. The maximum atomic E-state index is 14.0. The van der Waals surface area contributed by atoms with E-state index in [-0.39, 0.29) is 36.7 Å². The van der Waals surface area contributed by atoms with Crippen molar-refractivity contribution in [1.29, 1.82) is 0 Å². The van der Waals surface area contributed by atoms with E-state index in [1.165, 1.54) is 19.2 Å². The molecule has 0 aromatic heterocycles. The molecule has 0 amide bonds. The zero-order valence-corrected chi connectivity index (χ0v) is 16.5. The molecule has 4 rings (SSSR count). The molecule has 1 aliphatic heterocycles. The Morgan fingerprint density at radius 3 is 2.61 bits per heavy atom. The molecule has 0 radical (unpaired) electrons. The quantitative estimate of drug-likeness (QED) is 0.457. The first kappa shape index (κ1) is 21.4. The lowest BCUT2D eigenvalue weighted by Gasteiger charge is -2.23. The van der Waals surface area contributed by atoms with Crippen LogP contribution < -0.4 is 9.47 Å². The SMILES string of the molecule is COC(=O)C[C@@H]1COc2cc(O[C@@H]3CCc4c3cccc4C(F)(F)C(F)(F)F)ccc21. The number of rotatable bonds is 5. The fraction of sp³-hybridized carbons (Fsp3) is 0.409. The van der Waals surface area contributed by atoms with Crippen LogP contribution in [0.15, 0.2) is 36.4 Å². The summed E-state index contributed by atoms with van der Waals surface area (Å²) in [5.41, 5.74) is 0.111. The van der Waals surface area contributed by atoms with E-state index >= 15 is 0 Å². The van der Waals surface area contributed by atoms with E-state index in [0.717, 1.165) is 11.6 Å². The summed E-state index contributed by atoms with van der Waals surface area (Å²) in [4.78, 5) is 11.5. The fourth-order valence-electron chi connectivity index (χ4n) is 4.13. The number of methoxy groups -OCH3 is 1. The molecule has 0 fully saturated rings. The lowest BCUT2D eigenvalue weighted by molar-refractivity contribution is -0.289. The summed E-state index contributed by atoms with van der Waals surface area (Å²) in [6.07, 6.45) is -5.80. The molecule has 2 atom stereocenters. The molecular weight excluding hydrogens is 423 g/mol. The van der Waals surface area contributed by atoms with Crippen LogP contribution in [0.3, 0.4) is 0 Å². The van der Waals surface area contributed by atoms with Crippen LogP contribution in [0.1, 0.15) is 47.1 Å². The van der Waals surface area contributed by atoms with E-state index in [2.05, 4.69) is 4.74 Å². The summed E-state index contributed by atoms with van der Waals surface area (Å²) >= 11 is 0. The summed E-state index contributed by atoms with van der Waals surface area (Å²) < 4.78 is 82.7. The van der Waals surface area contributed by atoms with Crippen molar-refractivity contribution in [2.24, 2.45) is 0 Å². The predicted molar refractivity (Wildman–Crippen MR) is 99.4 cm³/mol. The number of alkyl halides is 5. The molecule has 0 N–H and O–H groups in total. The van der Waals surface area contributed by atoms with Crippen molar-refractivity contribution < 1.29 is 41.0 Å². The Balaban J connectivity index is 1.55. The first-order valence-electron chi connectivity index (χ1n) is 9.69. The van der Waals surface area contributed by atoms with Gasteiger partial charge in [-0.2, -0.15) is 22.0 Å². The van der Waals surface area contributed by atoms with E-state index in [1.54, 1.807) is 18.2 Å². The first-order chi connectivity index (χ1) is 14.6. The van der Waals surface area contributed by atoms with Crippen LogP contribution in [0.5, 0.6) is 11.5 Å². The largest absolute Gasteiger partial charge is 0.492 e. The molecule has 1 heterocycles. The summed E-state index contributed by atoms with van der Waals surface area (Å²) in [6, 6.07) is 8.59. The van der Waals surface area contributed by atoms with E-state index in [0.29, 0.717) is 23.7 Å². The number of carbonyl (C=O) groups is 1. The molecule has 166 valence electrons. The highest BCUT2D eigenvalue weighted by Crippen LogP contribution is 2.49. The van der Waals surface area contributed by atoms with Gasteiger partial charge in [0.15, 0.2) is 0 Å². The van der Waals surface area contributed by atoms with Crippen LogP contribution in [-0.4, -0.2) is 25.9 Å². The molecule has 2 aromatic carbocycles. The summed E-state index contributed by atoms with van der Waals surface area (Å²) in [6.45, 7) is 0.316. The van der Waals surface area contributed by atoms with Crippen molar-refractivity contribution in [2.75, 3.05) is 13.7 Å². The van der Waals surface area contributed by atoms with Gasteiger partial charge in [-0.3, -0.25) is 4.79 Å². The van der Waals surface area contributed by atoms with Crippen LogP contribution in [0.25, 0.3) is 0 Å². The Kier molecular flexibility index (Phi) is 5.31. The number of esters is 1. The smallest absolute Gasteiger partial charge is 0.458 e. The zero-order chi connectivity index (χ0) is 22.4.